The van der Waals surface area contributed by atoms with Gasteiger partial charge in [-0.2, -0.15) is 0 Å². The first-order chi connectivity index (χ1) is 7.08. The van der Waals surface area contributed by atoms with Gasteiger partial charge < -0.3 is 10.2 Å². The van der Waals surface area contributed by atoms with E-state index in [2.05, 4.69) is 62.4 Å². The fraction of sp³-hybridized carbons (Fsp3) is 0.538. The van der Waals surface area contributed by atoms with Crippen LogP contribution < -0.4 is 5.32 Å². The Morgan fingerprint density at radius 3 is 2.07 bits per heavy atom. The SMILES string of the molecule is CC(C)NCc1ccc(CN(C)C)cc1. The van der Waals surface area contributed by atoms with Gasteiger partial charge in [-0.05, 0) is 25.2 Å². The molecule has 0 aliphatic rings. The van der Waals surface area contributed by atoms with Crippen molar-refractivity contribution in [2.24, 2.45) is 0 Å². The van der Waals surface area contributed by atoms with Gasteiger partial charge in [0, 0.05) is 19.1 Å². The minimum atomic E-state index is 0.548. The first-order valence-corrected chi connectivity index (χ1v) is 5.54. The lowest BCUT2D eigenvalue weighted by Gasteiger charge is -2.11. The van der Waals surface area contributed by atoms with E-state index in [0.717, 1.165) is 13.1 Å². The highest BCUT2D eigenvalue weighted by atomic mass is 15.0. The Kier molecular flexibility index (Phi) is 4.79. The summed E-state index contributed by atoms with van der Waals surface area (Å²) in [6, 6.07) is 9.36. The van der Waals surface area contributed by atoms with Crippen molar-refractivity contribution in [1.29, 1.82) is 0 Å². The van der Waals surface area contributed by atoms with Crippen LogP contribution in [0.3, 0.4) is 0 Å². The summed E-state index contributed by atoms with van der Waals surface area (Å²) in [6.45, 7) is 6.30. The van der Waals surface area contributed by atoms with Crippen LogP contribution in [-0.2, 0) is 13.1 Å². The van der Waals surface area contributed by atoms with E-state index >= 15 is 0 Å². The molecule has 0 saturated heterocycles. The van der Waals surface area contributed by atoms with Crippen LogP contribution in [0.15, 0.2) is 24.3 Å². The van der Waals surface area contributed by atoms with E-state index in [4.69, 9.17) is 0 Å². The number of hydrogen-bond acceptors (Lipinski definition) is 2. The van der Waals surface area contributed by atoms with Crippen molar-refractivity contribution >= 4 is 0 Å². The van der Waals surface area contributed by atoms with Crippen molar-refractivity contribution in [2.45, 2.75) is 33.0 Å². The van der Waals surface area contributed by atoms with Crippen LogP contribution in [0, 0.1) is 0 Å². The molecule has 0 aromatic heterocycles. The molecule has 1 rings (SSSR count). The molecule has 0 aliphatic carbocycles. The number of hydrogen-bond donors (Lipinski definition) is 1. The average molecular weight is 206 g/mol. The zero-order valence-electron chi connectivity index (χ0n) is 10.2. The molecule has 0 fully saturated rings. The van der Waals surface area contributed by atoms with Crippen molar-refractivity contribution < 1.29 is 0 Å². The molecule has 0 heterocycles. The Balaban J connectivity index is 2.49. The largest absolute Gasteiger partial charge is 0.310 e. The highest BCUT2D eigenvalue weighted by Crippen LogP contribution is 2.06. The van der Waals surface area contributed by atoms with E-state index in [1.165, 1.54) is 11.1 Å². The number of nitrogens with one attached hydrogen (secondary N) is 1. The van der Waals surface area contributed by atoms with Crippen molar-refractivity contribution in [3.8, 4) is 0 Å². The van der Waals surface area contributed by atoms with Gasteiger partial charge in [0.1, 0.15) is 0 Å². The zero-order chi connectivity index (χ0) is 11.3. The van der Waals surface area contributed by atoms with E-state index in [0.29, 0.717) is 6.04 Å². The van der Waals surface area contributed by atoms with Crippen molar-refractivity contribution in [1.82, 2.24) is 10.2 Å². The van der Waals surface area contributed by atoms with Gasteiger partial charge in [-0.25, -0.2) is 0 Å². The van der Waals surface area contributed by atoms with Crippen LogP contribution in [-0.4, -0.2) is 25.0 Å². The highest BCUT2D eigenvalue weighted by Gasteiger charge is 1.97. The lowest BCUT2D eigenvalue weighted by Crippen LogP contribution is -2.21. The summed E-state index contributed by atoms with van der Waals surface area (Å²) in [7, 11) is 4.18. The van der Waals surface area contributed by atoms with Gasteiger partial charge in [0.05, 0.1) is 0 Å². The van der Waals surface area contributed by atoms with Gasteiger partial charge in [0.25, 0.3) is 0 Å². The first-order valence-electron chi connectivity index (χ1n) is 5.54. The predicted molar refractivity (Wildman–Crippen MR) is 65.8 cm³/mol. The zero-order valence-corrected chi connectivity index (χ0v) is 10.2. The fourth-order valence-corrected chi connectivity index (χ4v) is 1.45. The topological polar surface area (TPSA) is 15.3 Å². The third kappa shape index (κ3) is 4.96. The summed E-state index contributed by atoms with van der Waals surface area (Å²) in [5, 5.41) is 3.41. The Bertz CT molecular complexity index is 275. The van der Waals surface area contributed by atoms with Crippen LogP contribution in [0.1, 0.15) is 25.0 Å². The second-order valence-electron chi connectivity index (χ2n) is 4.59. The van der Waals surface area contributed by atoms with Crippen LogP contribution in [0.5, 0.6) is 0 Å². The molecule has 2 heteroatoms. The van der Waals surface area contributed by atoms with Crippen molar-refractivity contribution in [2.75, 3.05) is 14.1 Å². The Hall–Kier alpha value is -0.860. The van der Waals surface area contributed by atoms with E-state index in [1.807, 2.05) is 0 Å². The smallest absolute Gasteiger partial charge is 0.0227 e. The van der Waals surface area contributed by atoms with Gasteiger partial charge in [-0.3, -0.25) is 0 Å². The van der Waals surface area contributed by atoms with Crippen molar-refractivity contribution in [3.05, 3.63) is 35.4 Å². The minimum absolute atomic E-state index is 0.548. The lowest BCUT2D eigenvalue weighted by atomic mass is 10.1. The summed E-state index contributed by atoms with van der Waals surface area (Å²) < 4.78 is 0. The molecule has 0 saturated carbocycles. The van der Waals surface area contributed by atoms with E-state index in [1.54, 1.807) is 0 Å². The van der Waals surface area contributed by atoms with Gasteiger partial charge in [0.15, 0.2) is 0 Å². The molecule has 2 nitrogen and oxygen atoms in total. The molecule has 1 aromatic carbocycles. The molecule has 15 heavy (non-hydrogen) atoms. The van der Waals surface area contributed by atoms with Crippen LogP contribution in [0.4, 0.5) is 0 Å². The summed E-state index contributed by atoms with van der Waals surface area (Å²) in [5.41, 5.74) is 2.72. The standard InChI is InChI=1S/C13H22N2/c1-11(2)14-9-12-5-7-13(8-6-12)10-15(3)4/h5-8,11,14H,9-10H2,1-4H3. The van der Waals surface area contributed by atoms with Crippen LogP contribution in [0.2, 0.25) is 0 Å². The number of rotatable bonds is 5. The molecule has 1 N–H and O–H groups in total. The normalized spacial score (nSPS) is 11.3. The maximum atomic E-state index is 3.41. The molecule has 0 aliphatic heterocycles. The quantitative estimate of drug-likeness (QED) is 0.795. The van der Waals surface area contributed by atoms with Crippen LogP contribution >= 0.6 is 0 Å². The van der Waals surface area contributed by atoms with E-state index < -0.39 is 0 Å². The molecule has 0 amide bonds. The van der Waals surface area contributed by atoms with Gasteiger partial charge in [0.2, 0.25) is 0 Å². The molecule has 0 radical (unpaired) electrons. The summed E-state index contributed by atoms with van der Waals surface area (Å²) in [4.78, 5) is 2.18. The van der Waals surface area contributed by atoms with Gasteiger partial charge in [-0.1, -0.05) is 38.1 Å². The third-order valence-electron chi connectivity index (χ3n) is 2.24. The predicted octanol–water partition coefficient (Wildman–Crippen LogP) is 2.25. The summed E-state index contributed by atoms with van der Waals surface area (Å²) >= 11 is 0. The monoisotopic (exact) mass is 206 g/mol. The molecule has 0 unspecified atom stereocenters. The van der Waals surface area contributed by atoms with E-state index in [9.17, 15) is 0 Å². The Morgan fingerprint density at radius 2 is 1.60 bits per heavy atom. The molecular formula is C13H22N2. The molecule has 0 spiro atoms. The summed E-state index contributed by atoms with van der Waals surface area (Å²) in [5.74, 6) is 0. The van der Waals surface area contributed by atoms with Crippen LogP contribution in [0.25, 0.3) is 0 Å². The second kappa shape index (κ2) is 5.89. The maximum Gasteiger partial charge on any atom is 0.0227 e. The van der Waals surface area contributed by atoms with Crippen molar-refractivity contribution in [3.63, 3.8) is 0 Å². The summed E-state index contributed by atoms with van der Waals surface area (Å²) in [6.07, 6.45) is 0. The number of benzene rings is 1. The second-order valence-corrected chi connectivity index (χ2v) is 4.59. The van der Waals surface area contributed by atoms with Gasteiger partial charge in [-0.15, -0.1) is 0 Å². The first kappa shape index (κ1) is 12.2. The molecule has 0 bridgehead atoms. The van der Waals surface area contributed by atoms with Gasteiger partial charge >= 0.3 is 0 Å². The molecular weight excluding hydrogens is 184 g/mol. The Labute approximate surface area is 93.3 Å². The fourth-order valence-electron chi connectivity index (χ4n) is 1.45. The number of nitrogens with zero attached hydrogens (tertiary/aromatic N) is 1. The minimum Gasteiger partial charge on any atom is -0.310 e. The molecule has 84 valence electrons. The Morgan fingerprint density at radius 1 is 1.07 bits per heavy atom. The van der Waals surface area contributed by atoms with E-state index in [-0.39, 0.29) is 0 Å². The third-order valence-corrected chi connectivity index (χ3v) is 2.24. The lowest BCUT2D eigenvalue weighted by molar-refractivity contribution is 0.402. The molecule has 0 atom stereocenters. The average Bonchev–Trinajstić information content (AvgIpc) is 2.16. The maximum absolute atomic E-state index is 3.41. The highest BCUT2D eigenvalue weighted by molar-refractivity contribution is 5.22. The molecule has 1 aromatic rings.